The highest BCUT2D eigenvalue weighted by molar-refractivity contribution is 5.95. The zero-order chi connectivity index (χ0) is 24.6. The van der Waals surface area contributed by atoms with Crippen molar-refractivity contribution in [3.8, 4) is 0 Å². The largest absolute Gasteiger partial charge is 0.478 e. The molecule has 1 N–H and O–H groups in total. The van der Waals surface area contributed by atoms with E-state index in [2.05, 4.69) is 39.8 Å². The predicted octanol–water partition coefficient (Wildman–Crippen LogP) is 6.76. The molecule has 0 unspecified atom stereocenters. The number of benzene rings is 1. The third-order valence-electron chi connectivity index (χ3n) is 6.58. The first-order valence-electron chi connectivity index (χ1n) is 11.7. The summed E-state index contributed by atoms with van der Waals surface area (Å²) < 4.78 is 5.73. The molecule has 1 aromatic carbocycles. The average Bonchev–Trinajstić information content (AvgIpc) is 2.68. The van der Waals surface area contributed by atoms with Crippen molar-refractivity contribution in [3.63, 3.8) is 0 Å². The molecule has 1 amide bonds. The quantitative estimate of drug-likeness (QED) is 0.407. The molecule has 2 aliphatic rings. The molecule has 1 heterocycles. The number of carbonyl (C=O) groups is 2. The summed E-state index contributed by atoms with van der Waals surface area (Å²) >= 11 is 0. The third-order valence-corrected chi connectivity index (χ3v) is 6.58. The molecule has 0 spiro atoms. The highest BCUT2D eigenvalue weighted by Gasteiger charge is 2.40. The van der Waals surface area contributed by atoms with Crippen LogP contribution in [0.5, 0.6) is 0 Å². The van der Waals surface area contributed by atoms with Gasteiger partial charge in [0, 0.05) is 18.2 Å². The Hall–Kier alpha value is -2.82. The number of hydrogen-bond donors (Lipinski definition) is 1. The lowest BCUT2D eigenvalue weighted by Crippen LogP contribution is -2.41. The number of ether oxygens (including phenoxy) is 1. The first-order chi connectivity index (χ1) is 15.2. The van der Waals surface area contributed by atoms with Crippen LogP contribution in [0.15, 0.2) is 42.5 Å². The van der Waals surface area contributed by atoms with Crippen molar-refractivity contribution in [2.75, 3.05) is 11.4 Å². The van der Waals surface area contributed by atoms with E-state index in [0.717, 1.165) is 35.7 Å². The van der Waals surface area contributed by atoms with Crippen molar-refractivity contribution in [3.05, 3.63) is 59.2 Å². The van der Waals surface area contributed by atoms with Gasteiger partial charge in [-0.2, -0.15) is 0 Å². The second kappa shape index (κ2) is 8.85. The van der Waals surface area contributed by atoms with Crippen LogP contribution >= 0.6 is 0 Å². The molecular formula is C28H37NO4. The Morgan fingerprint density at radius 3 is 2.18 bits per heavy atom. The van der Waals surface area contributed by atoms with E-state index in [1.165, 1.54) is 17.2 Å². The van der Waals surface area contributed by atoms with Crippen LogP contribution in [-0.4, -0.2) is 29.3 Å². The van der Waals surface area contributed by atoms with Gasteiger partial charge in [-0.05, 0) is 79.7 Å². The first-order valence-corrected chi connectivity index (χ1v) is 11.7. The van der Waals surface area contributed by atoms with Crippen molar-refractivity contribution in [1.29, 1.82) is 0 Å². The molecule has 5 nitrogen and oxygen atoms in total. The number of rotatable bonds is 3. The molecule has 3 rings (SSSR count). The number of carboxylic acid groups (broad SMARTS) is 1. The number of fused-ring (bicyclic) bond motifs is 2. The van der Waals surface area contributed by atoms with Crippen molar-refractivity contribution in [2.24, 2.45) is 0 Å². The number of nitrogens with zero attached hydrogens (tertiary/aromatic N) is 1. The maximum atomic E-state index is 13.1. The van der Waals surface area contributed by atoms with Crippen LogP contribution in [0.3, 0.4) is 0 Å². The normalized spacial score (nSPS) is 20.7. The fourth-order valence-electron chi connectivity index (χ4n) is 4.62. The molecule has 1 aromatic rings. The monoisotopic (exact) mass is 451 g/mol. The first kappa shape index (κ1) is 24.8. The van der Waals surface area contributed by atoms with Gasteiger partial charge in [0.25, 0.3) is 0 Å². The lowest BCUT2D eigenvalue weighted by Gasteiger charge is -2.44. The molecule has 0 aromatic heterocycles. The number of carboxylic acids is 1. The standard InChI is InChI=1S/C28H37NO4/c1-26(2,3)33-25(32)29-16-13-19(11-9-8-10-12-24(30)31)20-17-21-22(18-23(20)29)28(6,7)15-14-27(21,4)5/h8-12,17-18H,13-16H2,1-7H3,(H,30,31)/b9-8+,12-10+,19-11?. The van der Waals surface area contributed by atoms with Gasteiger partial charge in [0.05, 0.1) is 5.69 Å². The summed E-state index contributed by atoms with van der Waals surface area (Å²) in [6.45, 7) is 15.3. The van der Waals surface area contributed by atoms with E-state index in [1.54, 1.807) is 11.0 Å². The number of amides is 1. The topological polar surface area (TPSA) is 66.8 Å². The summed E-state index contributed by atoms with van der Waals surface area (Å²) in [6.07, 6.45) is 10.8. The Kier molecular flexibility index (Phi) is 6.65. The van der Waals surface area contributed by atoms with Crippen LogP contribution < -0.4 is 4.90 Å². The Balaban J connectivity index is 2.13. The molecule has 0 bridgehead atoms. The number of anilines is 1. The minimum Gasteiger partial charge on any atom is -0.478 e. The highest BCUT2D eigenvalue weighted by atomic mass is 16.6. The van der Waals surface area contributed by atoms with Gasteiger partial charge in [0.2, 0.25) is 0 Å². The van der Waals surface area contributed by atoms with Gasteiger partial charge < -0.3 is 9.84 Å². The summed E-state index contributed by atoms with van der Waals surface area (Å²) in [5, 5.41) is 8.77. The zero-order valence-electron chi connectivity index (χ0n) is 21.0. The average molecular weight is 452 g/mol. The number of carbonyl (C=O) groups excluding carboxylic acids is 1. The van der Waals surface area contributed by atoms with Crippen molar-refractivity contribution >= 4 is 23.3 Å². The molecular weight excluding hydrogens is 414 g/mol. The van der Waals surface area contributed by atoms with Gasteiger partial charge in [-0.25, -0.2) is 9.59 Å². The van der Waals surface area contributed by atoms with Crippen LogP contribution in [0.1, 0.15) is 84.4 Å². The predicted molar refractivity (Wildman–Crippen MR) is 134 cm³/mol. The van der Waals surface area contributed by atoms with Gasteiger partial charge in [0.1, 0.15) is 5.60 Å². The molecule has 0 saturated heterocycles. The second-order valence-electron chi connectivity index (χ2n) is 11.3. The molecule has 5 heteroatoms. The smallest absolute Gasteiger partial charge is 0.414 e. The fourth-order valence-corrected chi connectivity index (χ4v) is 4.62. The van der Waals surface area contributed by atoms with Crippen LogP contribution in [0.25, 0.3) is 5.57 Å². The molecule has 0 saturated carbocycles. The maximum absolute atomic E-state index is 13.1. The molecule has 1 aliphatic carbocycles. The minimum absolute atomic E-state index is 0.0301. The maximum Gasteiger partial charge on any atom is 0.414 e. The summed E-state index contributed by atoms with van der Waals surface area (Å²) in [4.78, 5) is 25.6. The van der Waals surface area contributed by atoms with Crippen LogP contribution in [-0.2, 0) is 20.4 Å². The van der Waals surface area contributed by atoms with Crippen molar-refractivity contribution in [2.45, 2.75) is 84.2 Å². The summed E-state index contributed by atoms with van der Waals surface area (Å²) in [7, 11) is 0. The Labute approximate surface area is 197 Å². The van der Waals surface area contributed by atoms with E-state index in [9.17, 15) is 9.59 Å². The molecule has 1 aliphatic heterocycles. The fraction of sp³-hybridized carbons (Fsp3) is 0.500. The summed E-state index contributed by atoms with van der Waals surface area (Å²) in [5.41, 5.74) is 5.22. The SMILES string of the molecule is CC(C)(C)OC(=O)N1CCC(=C/C=C/C=C/C(=O)O)c2cc3c(cc21)C(C)(C)CCC3(C)C. The molecule has 178 valence electrons. The van der Waals surface area contributed by atoms with E-state index in [0.29, 0.717) is 13.0 Å². The Bertz CT molecular complexity index is 1030. The van der Waals surface area contributed by atoms with Crippen molar-refractivity contribution < 1.29 is 19.4 Å². The second-order valence-corrected chi connectivity index (χ2v) is 11.3. The molecule has 0 radical (unpaired) electrons. The number of allylic oxidation sites excluding steroid dienone is 4. The molecule has 0 fully saturated rings. The van der Waals surface area contributed by atoms with Crippen LogP contribution in [0, 0.1) is 0 Å². The van der Waals surface area contributed by atoms with Gasteiger partial charge in [0.15, 0.2) is 0 Å². The van der Waals surface area contributed by atoms with Crippen LogP contribution in [0.4, 0.5) is 10.5 Å². The van der Waals surface area contributed by atoms with E-state index >= 15 is 0 Å². The highest BCUT2D eigenvalue weighted by Crippen LogP contribution is 2.49. The minimum atomic E-state index is -0.972. The van der Waals surface area contributed by atoms with E-state index < -0.39 is 11.6 Å². The lowest BCUT2D eigenvalue weighted by atomic mass is 9.62. The zero-order valence-corrected chi connectivity index (χ0v) is 21.0. The van der Waals surface area contributed by atoms with E-state index in [1.807, 2.05) is 32.9 Å². The number of hydrogen-bond acceptors (Lipinski definition) is 3. The number of aliphatic carboxylic acids is 1. The Morgan fingerprint density at radius 2 is 1.61 bits per heavy atom. The van der Waals surface area contributed by atoms with E-state index in [4.69, 9.17) is 9.84 Å². The summed E-state index contributed by atoms with van der Waals surface area (Å²) in [5.74, 6) is -0.972. The molecule has 0 atom stereocenters. The summed E-state index contributed by atoms with van der Waals surface area (Å²) in [6, 6.07) is 4.48. The van der Waals surface area contributed by atoms with Gasteiger partial charge in [-0.1, -0.05) is 52.0 Å². The third kappa shape index (κ3) is 5.58. The van der Waals surface area contributed by atoms with Crippen LogP contribution in [0.2, 0.25) is 0 Å². The van der Waals surface area contributed by atoms with E-state index in [-0.39, 0.29) is 16.9 Å². The van der Waals surface area contributed by atoms with Gasteiger partial charge >= 0.3 is 12.1 Å². The van der Waals surface area contributed by atoms with Gasteiger partial charge in [-0.15, -0.1) is 0 Å². The van der Waals surface area contributed by atoms with Gasteiger partial charge in [-0.3, -0.25) is 4.90 Å². The van der Waals surface area contributed by atoms with Crippen molar-refractivity contribution in [1.82, 2.24) is 0 Å². The molecule has 33 heavy (non-hydrogen) atoms. The Morgan fingerprint density at radius 1 is 1.00 bits per heavy atom. The lowest BCUT2D eigenvalue weighted by molar-refractivity contribution is -0.131.